The number of fused-ring (bicyclic) bond motifs is 3. The van der Waals surface area contributed by atoms with Crippen LogP contribution in [0.15, 0.2) is 66.7 Å². The quantitative estimate of drug-likeness (QED) is 0.437. The smallest absolute Gasteiger partial charge is 0.265 e. The number of carbonyl (C=O) groups is 1. The number of para-hydroxylation sites is 3. The molecule has 5 heteroatoms. The van der Waals surface area contributed by atoms with E-state index in [2.05, 4.69) is 41.1 Å². The molecule has 0 aliphatic heterocycles. The summed E-state index contributed by atoms with van der Waals surface area (Å²) in [5.41, 5.74) is 3.12. The number of hydrogen-bond acceptors (Lipinski definition) is 3. The lowest BCUT2D eigenvalue weighted by Crippen LogP contribution is -2.32. The Morgan fingerprint density at radius 1 is 0.933 bits per heavy atom. The maximum Gasteiger partial charge on any atom is 0.265 e. The van der Waals surface area contributed by atoms with Gasteiger partial charge in [0.05, 0.1) is 7.11 Å². The minimum absolute atomic E-state index is 0.179. The molecule has 3 aromatic carbocycles. The van der Waals surface area contributed by atoms with Crippen LogP contribution in [0.3, 0.4) is 0 Å². The molecule has 30 heavy (non-hydrogen) atoms. The molecule has 0 saturated heterocycles. The third kappa shape index (κ3) is 3.59. The molecule has 0 aliphatic rings. The van der Waals surface area contributed by atoms with Crippen LogP contribution in [-0.2, 0) is 11.3 Å². The molecule has 4 aromatic rings. The molecular formula is C25H26N2O3. The van der Waals surface area contributed by atoms with E-state index in [1.165, 1.54) is 10.9 Å². The minimum atomic E-state index is -0.617. The van der Waals surface area contributed by atoms with Crippen molar-refractivity contribution < 1.29 is 14.3 Å². The van der Waals surface area contributed by atoms with Crippen molar-refractivity contribution >= 4 is 33.4 Å². The van der Waals surface area contributed by atoms with Crippen LogP contribution in [0.25, 0.3) is 21.8 Å². The SMILES string of the molecule is CC[C@H](Oc1ccccc1OC)C(=O)Nc1ccc2c(c1)c1ccccc1n2CC. The van der Waals surface area contributed by atoms with Crippen LogP contribution in [0.5, 0.6) is 11.5 Å². The fourth-order valence-corrected chi connectivity index (χ4v) is 3.89. The van der Waals surface area contributed by atoms with Gasteiger partial charge in [0, 0.05) is 34.0 Å². The molecule has 1 heterocycles. The maximum atomic E-state index is 12.9. The third-order valence-corrected chi connectivity index (χ3v) is 5.36. The van der Waals surface area contributed by atoms with Gasteiger partial charge < -0.3 is 19.4 Å². The molecule has 1 atom stereocenters. The van der Waals surface area contributed by atoms with Crippen molar-refractivity contribution in [2.45, 2.75) is 32.9 Å². The number of nitrogens with zero attached hydrogens (tertiary/aromatic N) is 1. The van der Waals surface area contributed by atoms with Crippen molar-refractivity contribution in [1.82, 2.24) is 4.57 Å². The van der Waals surface area contributed by atoms with Crippen LogP contribution in [0.4, 0.5) is 5.69 Å². The number of nitrogens with one attached hydrogen (secondary N) is 1. The van der Waals surface area contributed by atoms with E-state index in [4.69, 9.17) is 9.47 Å². The van der Waals surface area contributed by atoms with Gasteiger partial charge in [-0.3, -0.25) is 4.79 Å². The van der Waals surface area contributed by atoms with E-state index < -0.39 is 6.10 Å². The molecule has 1 amide bonds. The fourth-order valence-electron chi connectivity index (χ4n) is 3.89. The van der Waals surface area contributed by atoms with Crippen molar-refractivity contribution in [3.05, 3.63) is 66.7 Å². The highest BCUT2D eigenvalue weighted by molar-refractivity contribution is 6.10. The zero-order valence-corrected chi connectivity index (χ0v) is 17.5. The number of carbonyl (C=O) groups excluding carboxylic acids is 1. The molecule has 0 bridgehead atoms. The average Bonchev–Trinajstić information content (AvgIpc) is 3.10. The standard InChI is InChI=1S/C25H26N2O3/c1-4-22(30-24-13-9-8-12-23(24)29-3)25(28)26-17-14-15-21-19(16-17)18-10-6-7-11-20(18)27(21)5-2/h6-16,22H,4-5H2,1-3H3,(H,26,28)/t22-/m0/s1. The first kappa shape index (κ1) is 19.8. The Labute approximate surface area is 176 Å². The molecular weight excluding hydrogens is 376 g/mol. The predicted molar refractivity (Wildman–Crippen MR) is 121 cm³/mol. The van der Waals surface area contributed by atoms with Gasteiger partial charge >= 0.3 is 0 Å². The molecule has 154 valence electrons. The van der Waals surface area contributed by atoms with E-state index in [-0.39, 0.29) is 5.91 Å². The average molecular weight is 402 g/mol. The molecule has 0 spiro atoms. The lowest BCUT2D eigenvalue weighted by Gasteiger charge is -2.19. The van der Waals surface area contributed by atoms with Gasteiger partial charge in [-0.15, -0.1) is 0 Å². The second-order valence-corrected chi connectivity index (χ2v) is 7.15. The number of benzene rings is 3. The molecule has 0 radical (unpaired) electrons. The highest BCUT2D eigenvalue weighted by atomic mass is 16.5. The molecule has 0 fully saturated rings. The van der Waals surface area contributed by atoms with Gasteiger partial charge in [0.1, 0.15) is 0 Å². The van der Waals surface area contributed by atoms with E-state index >= 15 is 0 Å². The van der Waals surface area contributed by atoms with E-state index in [0.717, 1.165) is 23.1 Å². The minimum Gasteiger partial charge on any atom is -0.493 e. The summed E-state index contributed by atoms with van der Waals surface area (Å²) in [6.07, 6.45) is -0.0738. The van der Waals surface area contributed by atoms with Gasteiger partial charge in [-0.25, -0.2) is 0 Å². The van der Waals surface area contributed by atoms with Gasteiger partial charge in [0.2, 0.25) is 0 Å². The van der Waals surface area contributed by atoms with Crippen LogP contribution in [0.2, 0.25) is 0 Å². The van der Waals surface area contributed by atoms with Crippen molar-refractivity contribution in [3.63, 3.8) is 0 Å². The van der Waals surface area contributed by atoms with E-state index in [0.29, 0.717) is 17.9 Å². The molecule has 1 N–H and O–H groups in total. The van der Waals surface area contributed by atoms with Gasteiger partial charge in [0.25, 0.3) is 5.91 Å². The molecule has 0 unspecified atom stereocenters. The summed E-state index contributed by atoms with van der Waals surface area (Å²) in [6, 6.07) is 21.8. The number of hydrogen-bond donors (Lipinski definition) is 1. The molecule has 5 nitrogen and oxygen atoms in total. The number of rotatable bonds is 7. The van der Waals surface area contributed by atoms with Crippen molar-refractivity contribution in [2.24, 2.45) is 0 Å². The number of aromatic nitrogens is 1. The summed E-state index contributed by atoms with van der Waals surface area (Å²) in [5, 5.41) is 5.33. The van der Waals surface area contributed by atoms with E-state index in [1.807, 2.05) is 43.3 Å². The summed E-state index contributed by atoms with van der Waals surface area (Å²) in [4.78, 5) is 12.9. The number of ether oxygens (including phenoxy) is 2. The molecule has 1 aromatic heterocycles. The number of amides is 1. The van der Waals surface area contributed by atoms with Crippen molar-refractivity contribution in [3.8, 4) is 11.5 Å². The Balaban J connectivity index is 1.61. The second-order valence-electron chi connectivity index (χ2n) is 7.15. The Bertz CT molecular complexity index is 1200. The number of methoxy groups -OCH3 is 1. The van der Waals surface area contributed by atoms with Crippen molar-refractivity contribution in [1.29, 1.82) is 0 Å². The van der Waals surface area contributed by atoms with Crippen molar-refractivity contribution in [2.75, 3.05) is 12.4 Å². The van der Waals surface area contributed by atoms with Crippen LogP contribution >= 0.6 is 0 Å². The monoisotopic (exact) mass is 402 g/mol. The normalized spacial score (nSPS) is 12.1. The van der Waals surface area contributed by atoms with E-state index in [9.17, 15) is 4.79 Å². The Kier molecular flexibility index (Phi) is 5.61. The lowest BCUT2D eigenvalue weighted by molar-refractivity contribution is -0.122. The first-order valence-electron chi connectivity index (χ1n) is 10.3. The second kappa shape index (κ2) is 8.49. The summed E-state index contributed by atoms with van der Waals surface area (Å²) in [5.74, 6) is 0.989. The van der Waals surface area contributed by atoms with E-state index in [1.54, 1.807) is 13.2 Å². The lowest BCUT2D eigenvalue weighted by atomic mass is 10.1. The van der Waals surface area contributed by atoms with Gasteiger partial charge in [0.15, 0.2) is 17.6 Å². The van der Waals surface area contributed by atoms with Crippen LogP contribution in [0.1, 0.15) is 20.3 Å². The molecule has 0 aliphatic carbocycles. The third-order valence-electron chi connectivity index (χ3n) is 5.36. The summed E-state index contributed by atoms with van der Waals surface area (Å²) in [7, 11) is 1.59. The number of aryl methyl sites for hydroxylation is 1. The van der Waals surface area contributed by atoms with Crippen LogP contribution in [-0.4, -0.2) is 23.7 Å². The Morgan fingerprint density at radius 3 is 2.37 bits per heavy atom. The highest BCUT2D eigenvalue weighted by Crippen LogP contribution is 2.31. The zero-order chi connectivity index (χ0) is 21.1. The molecule has 4 rings (SSSR count). The molecule has 0 saturated carbocycles. The first-order chi connectivity index (χ1) is 14.7. The Hall–Kier alpha value is -3.47. The van der Waals surface area contributed by atoms with Gasteiger partial charge in [-0.1, -0.05) is 37.3 Å². The van der Waals surface area contributed by atoms with Crippen LogP contribution < -0.4 is 14.8 Å². The van der Waals surface area contributed by atoms with Gasteiger partial charge in [-0.2, -0.15) is 0 Å². The topological polar surface area (TPSA) is 52.5 Å². The highest BCUT2D eigenvalue weighted by Gasteiger charge is 2.20. The maximum absolute atomic E-state index is 12.9. The summed E-state index contributed by atoms with van der Waals surface area (Å²) < 4.78 is 13.6. The summed E-state index contributed by atoms with van der Waals surface area (Å²) >= 11 is 0. The summed E-state index contributed by atoms with van der Waals surface area (Å²) in [6.45, 7) is 4.96. The predicted octanol–water partition coefficient (Wildman–Crippen LogP) is 5.62. The Morgan fingerprint density at radius 2 is 1.63 bits per heavy atom. The van der Waals surface area contributed by atoms with Gasteiger partial charge in [-0.05, 0) is 49.7 Å². The first-order valence-corrected chi connectivity index (χ1v) is 10.3. The largest absolute Gasteiger partial charge is 0.493 e. The zero-order valence-electron chi connectivity index (χ0n) is 17.5. The number of anilines is 1. The van der Waals surface area contributed by atoms with Crippen LogP contribution in [0, 0.1) is 0 Å². The fraction of sp³-hybridized carbons (Fsp3) is 0.240.